The van der Waals surface area contributed by atoms with E-state index in [-0.39, 0.29) is 18.0 Å². The topological polar surface area (TPSA) is 83.0 Å². The van der Waals surface area contributed by atoms with Crippen LogP contribution < -0.4 is 10.6 Å². The normalized spacial score (nSPS) is 16.8. The van der Waals surface area contributed by atoms with Gasteiger partial charge in [-0.05, 0) is 34.6 Å². The summed E-state index contributed by atoms with van der Waals surface area (Å²) in [5.41, 5.74) is -0.520. The third-order valence-corrected chi connectivity index (χ3v) is 2.79. The van der Waals surface area contributed by atoms with Crippen molar-refractivity contribution in [2.75, 3.05) is 26.2 Å². The van der Waals surface area contributed by atoms with E-state index in [1.54, 1.807) is 11.8 Å². The number of nitrogens with one attached hydrogen (secondary N) is 2. The van der Waals surface area contributed by atoms with Crippen molar-refractivity contribution in [1.82, 2.24) is 15.5 Å². The zero-order valence-electron chi connectivity index (χ0n) is 13.5. The van der Waals surface area contributed by atoms with Gasteiger partial charge in [-0.25, -0.2) is 4.79 Å². The maximum absolute atomic E-state index is 12.0. The fraction of sp³-hybridized carbons (Fsp3) is 0.786. The molecule has 0 saturated carbocycles. The van der Waals surface area contributed by atoms with E-state index in [9.17, 15) is 9.59 Å². The molecule has 0 bridgehead atoms. The monoisotopic (exact) mass is 298 g/mol. The van der Waals surface area contributed by atoms with Gasteiger partial charge >= 0.3 is 6.09 Å². The van der Waals surface area contributed by atoms with Gasteiger partial charge in [0.05, 0.1) is 13.1 Å². The largest absolute Gasteiger partial charge is 0.444 e. The van der Waals surface area contributed by atoms with Crippen molar-refractivity contribution < 1.29 is 14.3 Å². The summed E-state index contributed by atoms with van der Waals surface area (Å²) in [7, 11) is 0. The van der Waals surface area contributed by atoms with Crippen LogP contribution in [0.2, 0.25) is 0 Å². The van der Waals surface area contributed by atoms with Crippen molar-refractivity contribution in [2.45, 2.75) is 46.3 Å². The minimum absolute atomic E-state index is 0.0883. The number of carbonyl (C=O) groups is 2. The van der Waals surface area contributed by atoms with Crippen LogP contribution >= 0.6 is 0 Å². The second kappa shape index (κ2) is 7.28. The Morgan fingerprint density at radius 2 is 2.10 bits per heavy atom. The molecule has 7 heteroatoms. The molecule has 0 spiro atoms. The van der Waals surface area contributed by atoms with E-state index in [0.717, 1.165) is 0 Å². The van der Waals surface area contributed by atoms with Gasteiger partial charge in [0.2, 0.25) is 5.91 Å². The predicted molar refractivity (Wildman–Crippen MR) is 81.4 cm³/mol. The average molecular weight is 298 g/mol. The summed E-state index contributed by atoms with van der Waals surface area (Å²) in [5.74, 6) is 0.542. The number of amides is 2. The van der Waals surface area contributed by atoms with Gasteiger partial charge in [0.25, 0.3) is 0 Å². The number of amidine groups is 1. The molecule has 0 aliphatic carbocycles. The van der Waals surface area contributed by atoms with Gasteiger partial charge in [-0.3, -0.25) is 14.7 Å². The van der Waals surface area contributed by atoms with Crippen LogP contribution in [0.4, 0.5) is 4.79 Å². The molecular formula is C14H26N4O3. The first-order valence-electron chi connectivity index (χ1n) is 7.28. The predicted octanol–water partition coefficient (Wildman–Crippen LogP) is 0.750. The van der Waals surface area contributed by atoms with Gasteiger partial charge in [-0.1, -0.05) is 0 Å². The van der Waals surface area contributed by atoms with Crippen LogP contribution in [0, 0.1) is 0 Å². The Morgan fingerprint density at radius 1 is 1.43 bits per heavy atom. The molecule has 2 amide bonds. The molecule has 1 unspecified atom stereocenters. The molecule has 1 aliphatic heterocycles. The number of rotatable bonds is 3. The number of hydrogen-bond acceptors (Lipinski definition) is 5. The van der Waals surface area contributed by atoms with Crippen molar-refractivity contribution >= 4 is 17.8 Å². The minimum atomic E-state index is -0.520. The number of hydrogen-bond donors (Lipinski definition) is 2. The standard InChI is InChI=1S/C14H26N4O3/c1-6-15-12(19)10(2)17-11-9-18(8-7-16-11)13(20)21-14(3,4)5/h10H,6-9H2,1-5H3,(H,15,19)(H,16,17). The summed E-state index contributed by atoms with van der Waals surface area (Å²) in [4.78, 5) is 29.6. The number of aliphatic imine (C=N–C) groups is 1. The van der Waals surface area contributed by atoms with E-state index in [4.69, 9.17) is 4.74 Å². The van der Waals surface area contributed by atoms with Crippen molar-refractivity contribution in [3.05, 3.63) is 0 Å². The third-order valence-electron chi connectivity index (χ3n) is 2.79. The summed E-state index contributed by atoms with van der Waals surface area (Å²) in [6.45, 7) is 11.1. The molecule has 2 N–H and O–H groups in total. The Kier molecular flexibility index (Phi) is 5.99. The molecule has 0 aromatic rings. The van der Waals surface area contributed by atoms with Crippen molar-refractivity contribution in [3.8, 4) is 0 Å². The first-order chi connectivity index (χ1) is 9.73. The van der Waals surface area contributed by atoms with Crippen LogP contribution in [-0.4, -0.2) is 60.6 Å². The molecule has 21 heavy (non-hydrogen) atoms. The van der Waals surface area contributed by atoms with E-state index in [0.29, 0.717) is 32.0 Å². The van der Waals surface area contributed by atoms with Crippen molar-refractivity contribution in [3.63, 3.8) is 0 Å². The zero-order chi connectivity index (χ0) is 16.0. The van der Waals surface area contributed by atoms with Gasteiger partial charge in [-0.15, -0.1) is 0 Å². The average Bonchev–Trinajstić information content (AvgIpc) is 2.37. The highest BCUT2D eigenvalue weighted by molar-refractivity contribution is 5.92. The Labute approximate surface area is 126 Å². The van der Waals surface area contributed by atoms with Crippen molar-refractivity contribution in [2.24, 2.45) is 4.99 Å². The molecule has 1 atom stereocenters. The molecular weight excluding hydrogens is 272 g/mol. The molecule has 0 radical (unpaired) electrons. The highest BCUT2D eigenvalue weighted by Crippen LogP contribution is 2.11. The Morgan fingerprint density at radius 3 is 2.67 bits per heavy atom. The molecule has 1 aliphatic rings. The van der Waals surface area contributed by atoms with Crippen LogP contribution in [0.3, 0.4) is 0 Å². The Bertz CT molecular complexity index is 415. The molecule has 120 valence electrons. The number of nitrogens with zero attached hydrogens (tertiary/aromatic N) is 2. The molecule has 0 aromatic heterocycles. The SMILES string of the molecule is CCNC(=O)C(C)NC1=NCCN(C(=O)OC(C)(C)C)C1. The maximum atomic E-state index is 12.0. The van der Waals surface area contributed by atoms with E-state index >= 15 is 0 Å². The third kappa shape index (κ3) is 6.01. The summed E-state index contributed by atoms with van der Waals surface area (Å²) in [6, 6.07) is -0.387. The van der Waals surface area contributed by atoms with E-state index in [1.165, 1.54) is 0 Å². The number of ether oxygens (including phenoxy) is 1. The van der Waals surface area contributed by atoms with Crippen LogP contribution in [0.5, 0.6) is 0 Å². The molecule has 0 aromatic carbocycles. The van der Waals surface area contributed by atoms with E-state index < -0.39 is 5.60 Å². The highest BCUT2D eigenvalue weighted by Gasteiger charge is 2.26. The maximum Gasteiger partial charge on any atom is 0.410 e. The van der Waals surface area contributed by atoms with Crippen LogP contribution in [0.15, 0.2) is 4.99 Å². The van der Waals surface area contributed by atoms with Gasteiger partial charge in [0.15, 0.2) is 0 Å². The fourth-order valence-electron chi connectivity index (χ4n) is 1.83. The summed E-state index contributed by atoms with van der Waals surface area (Å²) in [6.07, 6.45) is -0.359. The first-order valence-corrected chi connectivity index (χ1v) is 7.28. The van der Waals surface area contributed by atoms with Crippen LogP contribution in [-0.2, 0) is 9.53 Å². The minimum Gasteiger partial charge on any atom is -0.444 e. The lowest BCUT2D eigenvalue weighted by atomic mass is 10.2. The lowest BCUT2D eigenvalue weighted by Crippen LogP contribution is -2.52. The van der Waals surface area contributed by atoms with Crippen LogP contribution in [0.1, 0.15) is 34.6 Å². The summed E-state index contributed by atoms with van der Waals surface area (Å²) < 4.78 is 5.34. The molecule has 1 heterocycles. The van der Waals surface area contributed by atoms with E-state index in [2.05, 4.69) is 15.6 Å². The second-order valence-electron chi connectivity index (χ2n) is 5.99. The summed E-state index contributed by atoms with van der Waals surface area (Å²) in [5, 5.41) is 5.78. The smallest absolute Gasteiger partial charge is 0.410 e. The van der Waals surface area contributed by atoms with Crippen LogP contribution in [0.25, 0.3) is 0 Å². The lowest BCUT2D eigenvalue weighted by Gasteiger charge is -2.30. The second-order valence-corrected chi connectivity index (χ2v) is 5.99. The summed E-state index contributed by atoms with van der Waals surface area (Å²) >= 11 is 0. The van der Waals surface area contributed by atoms with Gasteiger partial charge in [0, 0.05) is 13.1 Å². The number of carbonyl (C=O) groups excluding carboxylic acids is 2. The van der Waals surface area contributed by atoms with Gasteiger partial charge in [0.1, 0.15) is 17.5 Å². The van der Waals surface area contributed by atoms with Gasteiger partial charge < -0.3 is 15.4 Å². The first kappa shape index (κ1) is 17.3. The Hall–Kier alpha value is -1.79. The molecule has 0 saturated heterocycles. The van der Waals surface area contributed by atoms with Gasteiger partial charge in [-0.2, -0.15) is 0 Å². The fourth-order valence-corrected chi connectivity index (χ4v) is 1.83. The van der Waals surface area contributed by atoms with E-state index in [1.807, 2.05) is 27.7 Å². The number of likely N-dealkylation sites (N-methyl/N-ethyl adjacent to an activating group) is 1. The lowest BCUT2D eigenvalue weighted by molar-refractivity contribution is -0.122. The van der Waals surface area contributed by atoms with Crippen molar-refractivity contribution in [1.29, 1.82) is 0 Å². The quantitative estimate of drug-likeness (QED) is 0.805. The Balaban J connectivity index is 2.54. The molecule has 7 nitrogen and oxygen atoms in total. The molecule has 0 fully saturated rings. The molecule has 1 rings (SSSR count). The zero-order valence-corrected chi connectivity index (χ0v) is 13.5. The highest BCUT2D eigenvalue weighted by atomic mass is 16.6.